The van der Waals surface area contributed by atoms with Crippen molar-refractivity contribution in [2.24, 2.45) is 0 Å². The number of ketones is 1. The monoisotopic (exact) mass is 307 g/mol. The molecule has 21 heavy (non-hydrogen) atoms. The zero-order chi connectivity index (χ0) is 16.0. The largest absolute Gasteiger partial charge is 0.456 e. The summed E-state index contributed by atoms with van der Waals surface area (Å²) in [6, 6.07) is 0. The molecule has 8 nitrogen and oxygen atoms in total. The fraction of sp³-hybridized carbons (Fsp3) is 0.500. The molecule has 0 aliphatic rings. The molecule has 0 unspecified atom stereocenters. The van der Waals surface area contributed by atoms with Gasteiger partial charge < -0.3 is 10.6 Å². The molecule has 0 aromatic carbocycles. The molecule has 0 saturated carbocycles. The standard InChI is InChI=1S/C10H12F3N5O3/c1-6(19)14-2-3-15-8(20)5-18-4-7(16-17-18)9(21)10(11,12)13/h4H,2-3,5H2,1H3,(H,14,19)(H,15,20). The molecule has 0 radical (unpaired) electrons. The minimum absolute atomic E-state index is 0.154. The second-order valence-electron chi connectivity index (χ2n) is 3.96. The second-order valence-corrected chi connectivity index (χ2v) is 3.96. The minimum atomic E-state index is -5.04. The van der Waals surface area contributed by atoms with Crippen LogP contribution in [-0.2, 0) is 16.1 Å². The van der Waals surface area contributed by atoms with Crippen molar-refractivity contribution in [2.45, 2.75) is 19.6 Å². The Bertz CT molecular complexity index is 540. The van der Waals surface area contributed by atoms with Gasteiger partial charge in [-0.2, -0.15) is 13.2 Å². The number of carbonyl (C=O) groups excluding carboxylic acids is 3. The van der Waals surface area contributed by atoms with Crippen LogP contribution in [0.5, 0.6) is 0 Å². The summed E-state index contributed by atoms with van der Waals surface area (Å²) in [7, 11) is 0. The van der Waals surface area contributed by atoms with Crippen molar-refractivity contribution >= 4 is 17.6 Å². The summed E-state index contributed by atoms with van der Waals surface area (Å²) in [6.45, 7) is 1.30. The Morgan fingerprint density at radius 3 is 2.43 bits per heavy atom. The summed E-state index contributed by atoms with van der Waals surface area (Å²) in [4.78, 5) is 32.8. The molecule has 0 spiro atoms. The van der Waals surface area contributed by atoms with Crippen LogP contribution < -0.4 is 10.6 Å². The number of hydrogen-bond acceptors (Lipinski definition) is 5. The van der Waals surface area contributed by atoms with Gasteiger partial charge in [0.1, 0.15) is 6.54 Å². The number of halogens is 3. The first-order valence-electron chi connectivity index (χ1n) is 5.73. The van der Waals surface area contributed by atoms with Gasteiger partial charge in [-0.15, -0.1) is 5.10 Å². The molecule has 1 heterocycles. The highest BCUT2D eigenvalue weighted by molar-refractivity contribution is 5.98. The maximum Gasteiger partial charge on any atom is 0.456 e. The minimum Gasteiger partial charge on any atom is -0.355 e. The SMILES string of the molecule is CC(=O)NCCNC(=O)Cn1cc(C(=O)C(F)(F)F)nn1. The zero-order valence-electron chi connectivity index (χ0n) is 10.9. The Balaban J connectivity index is 2.46. The molecule has 11 heteroatoms. The van der Waals surface area contributed by atoms with Crippen LogP contribution in [-0.4, -0.2) is 51.9 Å². The average Bonchev–Trinajstić information content (AvgIpc) is 2.80. The molecule has 0 saturated heterocycles. The number of rotatable bonds is 6. The van der Waals surface area contributed by atoms with Gasteiger partial charge in [-0.1, -0.05) is 5.21 Å². The molecule has 1 aromatic heterocycles. The molecule has 0 aliphatic carbocycles. The zero-order valence-corrected chi connectivity index (χ0v) is 10.9. The first-order valence-corrected chi connectivity index (χ1v) is 5.73. The predicted molar refractivity (Wildman–Crippen MR) is 62.1 cm³/mol. The first-order chi connectivity index (χ1) is 9.70. The third-order valence-corrected chi connectivity index (χ3v) is 2.16. The smallest absolute Gasteiger partial charge is 0.355 e. The van der Waals surface area contributed by atoms with E-state index in [1.54, 1.807) is 0 Å². The number of nitrogens with zero attached hydrogens (tertiary/aromatic N) is 3. The van der Waals surface area contributed by atoms with Crippen molar-refractivity contribution in [3.63, 3.8) is 0 Å². The normalized spacial score (nSPS) is 11.0. The first kappa shape index (κ1) is 16.6. The fourth-order valence-corrected chi connectivity index (χ4v) is 1.27. The molecule has 1 rings (SSSR count). The van der Waals surface area contributed by atoms with Gasteiger partial charge >= 0.3 is 6.18 Å². The summed E-state index contributed by atoms with van der Waals surface area (Å²) >= 11 is 0. The van der Waals surface area contributed by atoms with Gasteiger partial charge in [-0.05, 0) is 0 Å². The number of alkyl halides is 3. The molecule has 0 aliphatic heterocycles. The van der Waals surface area contributed by atoms with Crippen LogP contribution in [0.25, 0.3) is 0 Å². The van der Waals surface area contributed by atoms with E-state index in [9.17, 15) is 27.6 Å². The van der Waals surface area contributed by atoms with E-state index in [1.165, 1.54) is 6.92 Å². The highest BCUT2D eigenvalue weighted by Gasteiger charge is 2.41. The topological polar surface area (TPSA) is 106 Å². The lowest BCUT2D eigenvalue weighted by Gasteiger charge is -2.05. The highest BCUT2D eigenvalue weighted by atomic mass is 19.4. The van der Waals surface area contributed by atoms with Crippen molar-refractivity contribution in [1.82, 2.24) is 25.6 Å². The number of carbonyl (C=O) groups is 3. The molecule has 2 amide bonds. The van der Waals surface area contributed by atoms with E-state index in [1.807, 2.05) is 0 Å². The van der Waals surface area contributed by atoms with Crippen LogP contribution in [0.4, 0.5) is 13.2 Å². The summed E-state index contributed by atoms with van der Waals surface area (Å²) in [5.74, 6) is -2.92. The van der Waals surface area contributed by atoms with Gasteiger partial charge in [0, 0.05) is 20.0 Å². The van der Waals surface area contributed by atoms with E-state index in [-0.39, 0.29) is 19.0 Å². The Morgan fingerprint density at radius 2 is 1.86 bits per heavy atom. The van der Waals surface area contributed by atoms with Crippen LogP contribution in [0.15, 0.2) is 6.20 Å². The molecule has 0 bridgehead atoms. The van der Waals surface area contributed by atoms with Crippen molar-refractivity contribution in [3.05, 3.63) is 11.9 Å². The maximum absolute atomic E-state index is 12.1. The maximum atomic E-state index is 12.1. The van der Waals surface area contributed by atoms with Gasteiger partial charge in [0.15, 0.2) is 5.69 Å². The predicted octanol–water partition coefficient (Wildman–Crippen LogP) is -0.725. The van der Waals surface area contributed by atoms with Gasteiger partial charge in [0.05, 0.1) is 6.20 Å². The van der Waals surface area contributed by atoms with Crippen LogP contribution in [0.1, 0.15) is 17.4 Å². The molecular formula is C10H12F3N5O3. The van der Waals surface area contributed by atoms with E-state index in [2.05, 4.69) is 20.9 Å². The van der Waals surface area contributed by atoms with Crippen LogP contribution in [0.3, 0.4) is 0 Å². The van der Waals surface area contributed by atoms with E-state index in [0.29, 0.717) is 0 Å². The number of amides is 2. The molecule has 0 fully saturated rings. The van der Waals surface area contributed by atoms with Crippen molar-refractivity contribution in [2.75, 3.05) is 13.1 Å². The lowest BCUT2D eigenvalue weighted by atomic mass is 10.3. The van der Waals surface area contributed by atoms with Crippen molar-refractivity contribution < 1.29 is 27.6 Å². The number of Topliss-reactive ketones (excluding diaryl/α,β-unsaturated/α-hetero) is 1. The van der Waals surface area contributed by atoms with Crippen molar-refractivity contribution in [3.8, 4) is 0 Å². The van der Waals surface area contributed by atoms with Crippen molar-refractivity contribution in [1.29, 1.82) is 0 Å². The van der Waals surface area contributed by atoms with E-state index in [0.717, 1.165) is 10.9 Å². The summed E-state index contributed by atoms with van der Waals surface area (Å²) < 4.78 is 37.2. The van der Waals surface area contributed by atoms with Gasteiger partial charge in [0.25, 0.3) is 5.78 Å². The summed E-state index contributed by atoms with van der Waals surface area (Å²) in [6.07, 6.45) is -4.30. The molecule has 116 valence electrons. The quantitative estimate of drug-likeness (QED) is 0.533. The third kappa shape index (κ3) is 5.58. The van der Waals surface area contributed by atoms with E-state index >= 15 is 0 Å². The van der Waals surface area contributed by atoms with Gasteiger partial charge in [-0.25, -0.2) is 4.68 Å². The molecule has 0 atom stereocenters. The van der Waals surface area contributed by atoms with Gasteiger partial charge in [0.2, 0.25) is 11.8 Å². The van der Waals surface area contributed by atoms with E-state index in [4.69, 9.17) is 0 Å². The van der Waals surface area contributed by atoms with E-state index < -0.39 is 30.1 Å². The summed E-state index contributed by atoms with van der Waals surface area (Å²) in [5.41, 5.74) is -0.881. The molecule has 2 N–H and O–H groups in total. The Morgan fingerprint density at radius 1 is 1.24 bits per heavy atom. The number of hydrogen-bond donors (Lipinski definition) is 2. The fourth-order valence-electron chi connectivity index (χ4n) is 1.27. The Hall–Kier alpha value is -2.46. The summed E-state index contributed by atoms with van der Waals surface area (Å²) in [5, 5.41) is 11.2. The lowest BCUT2D eigenvalue weighted by Crippen LogP contribution is -2.35. The molecule has 1 aromatic rings. The highest BCUT2D eigenvalue weighted by Crippen LogP contribution is 2.19. The molecular weight excluding hydrogens is 295 g/mol. The second kappa shape index (κ2) is 6.81. The lowest BCUT2D eigenvalue weighted by molar-refractivity contribution is -0.122. The Kier molecular flexibility index (Phi) is 5.38. The van der Waals surface area contributed by atoms with Crippen LogP contribution >= 0.6 is 0 Å². The van der Waals surface area contributed by atoms with Crippen LogP contribution in [0.2, 0.25) is 0 Å². The number of nitrogens with one attached hydrogen (secondary N) is 2. The van der Waals surface area contributed by atoms with Gasteiger partial charge in [-0.3, -0.25) is 14.4 Å². The number of aromatic nitrogens is 3. The Labute approximate surface area is 116 Å². The average molecular weight is 307 g/mol. The third-order valence-electron chi connectivity index (χ3n) is 2.16. The van der Waals surface area contributed by atoms with Crippen LogP contribution in [0, 0.1) is 0 Å².